The molecule has 0 spiro atoms. The van der Waals surface area contributed by atoms with Crippen molar-refractivity contribution in [3.05, 3.63) is 11.6 Å². The molecule has 0 amide bonds. The van der Waals surface area contributed by atoms with Gasteiger partial charge in [-0.05, 0) is 80.5 Å². The number of esters is 1. The monoisotopic (exact) mass is 460 g/mol. The number of hydrogen-bond acceptors (Lipinski definition) is 3. The third kappa shape index (κ3) is 5.13. The Bertz CT molecular complexity index is 903. The number of unbranched alkanes of at least 4 members (excludes halogenated alkanes) is 7. The van der Waals surface area contributed by atoms with Crippen molar-refractivity contribution in [2.75, 3.05) is 0 Å². The predicted molar refractivity (Wildman–Crippen MR) is 134 cm³/mol. The Labute approximate surface area is 208 Å². The molecule has 33 heavy (non-hydrogen) atoms. The van der Waals surface area contributed by atoms with Crippen LogP contribution in [0.2, 0.25) is 0 Å². The van der Waals surface area contributed by atoms with E-state index >= 15 is 0 Å². The normalized spacial score (nSPS) is 45.4. The molecule has 4 rings (SSSR count). The molecule has 3 heteroatoms. The molecular formula is C30H48O3. The van der Waals surface area contributed by atoms with Crippen LogP contribution < -0.4 is 0 Å². The number of rotatable bonds is 10. The number of allylic oxidation sites excluding steroid dienone is 1. The van der Waals surface area contributed by atoms with Crippen LogP contribution in [-0.2, 0) is 14.3 Å². The van der Waals surface area contributed by atoms with Gasteiger partial charge < -0.3 is 4.74 Å². The summed E-state index contributed by atoms with van der Waals surface area (Å²) in [5.41, 5.74) is -0.0269. The fourth-order valence-corrected chi connectivity index (χ4v) is 7.44. The summed E-state index contributed by atoms with van der Waals surface area (Å²) in [5, 5.41) is 0. The van der Waals surface area contributed by atoms with E-state index in [1.807, 2.05) is 6.92 Å². The van der Waals surface area contributed by atoms with E-state index in [1.165, 1.54) is 32.1 Å². The van der Waals surface area contributed by atoms with Crippen molar-refractivity contribution in [3.8, 4) is 0 Å². The smallest absolute Gasteiger partial charge is 0.306 e. The highest BCUT2D eigenvalue weighted by Crippen LogP contribution is 2.65. The summed E-state index contributed by atoms with van der Waals surface area (Å²) in [4.78, 5) is 25.1. The lowest BCUT2D eigenvalue weighted by Gasteiger charge is -2.57. The largest absolute Gasteiger partial charge is 0.462 e. The molecule has 0 aromatic rings. The van der Waals surface area contributed by atoms with Gasteiger partial charge in [-0.1, -0.05) is 71.3 Å². The number of carbonyl (C=O) groups excluding carboxylic acids is 2. The van der Waals surface area contributed by atoms with Crippen molar-refractivity contribution in [1.82, 2.24) is 0 Å². The Kier molecular flexibility index (Phi) is 6.49. The molecule has 0 heterocycles. The molecule has 0 aliphatic heterocycles. The van der Waals surface area contributed by atoms with Gasteiger partial charge >= 0.3 is 5.97 Å². The predicted octanol–water partition coefficient (Wildman–Crippen LogP) is 7.96. The van der Waals surface area contributed by atoms with E-state index in [-0.39, 0.29) is 48.2 Å². The van der Waals surface area contributed by atoms with E-state index in [1.54, 1.807) is 6.08 Å². The maximum absolute atomic E-state index is 12.9. The van der Waals surface area contributed by atoms with E-state index in [0.29, 0.717) is 6.42 Å². The molecule has 3 fully saturated rings. The minimum absolute atomic E-state index is 0.0531. The third-order valence-electron chi connectivity index (χ3n) is 9.55. The van der Waals surface area contributed by atoms with Crippen LogP contribution in [0.15, 0.2) is 11.6 Å². The number of ketones is 1. The second-order valence-electron chi connectivity index (χ2n) is 11.6. The highest BCUT2D eigenvalue weighted by Gasteiger charge is 2.59. The van der Waals surface area contributed by atoms with Gasteiger partial charge in [-0.2, -0.15) is 0 Å². The first-order chi connectivity index (χ1) is 17.4. The maximum atomic E-state index is 12.9. The molecular weight excluding hydrogens is 408 g/mol. The van der Waals surface area contributed by atoms with E-state index < -0.39 is 30.2 Å². The summed E-state index contributed by atoms with van der Waals surface area (Å²) in [6, 6.07) is 0. The number of fused-ring (bicyclic) bond motifs is 5. The standard InChI is InChI=1S/C30H48O3/c1-4-5-6-7-8-9-10-11-12-28(32)33-27-16-15-25-24-14-13-22-21-23(31)17-19-29(22,2)26(24)18-20-30(25,27)3/h21,24-27H,4-20H2,1-3H3/t24-,25-,26-,27-,29-,30-/m0/s1/i16D2,19D,27D/t19-,24-,25-,26-,27-,29-,30-. The Morgan fingerprint density at radius 1 is 1.06 bits per heavy atom. The topological polar surface area (TPSA) is 43.4 Å². The summed E-state index contributed by atoms with van der Waals surface area (Å²) in [5.74, 6) is -0.0788. The lowest BCUT2D eigenvalue weighted by Crippen LogP contribution is -2.51. The molecule has 4 aliphatic carbocycles. The zero-order chi connectivity index (χ0) is 27.1. The van der Waals surface area contributed by atoms with E-state index in [9.17, 15) is 11.0 Å². The zero-order valence-corrected chi connectivity index (χ0v) is 21.2. The van der Waals surface area contributed by atoms with Gasteiger partial charge in [0.2, 0.25) is 0 Å². The summed E-state index contributed by atoms with van der Waals surface area (Å²) < 4.78 is 41.8. The quantitative estimate of drug-likeness (QED) is 0.245. The minimum atomic E-state index is -1.92. The van der Waals surface area contributed by atoms with Crippen LogP contribution >= 0.6 is 0 Å². The third-order valence-corrected chi connectivity index (χ3v) is 9.55. The van der Waals surface area contributed by atoms with Crippen molar-refractivity contribution in [2.24, 2.45) is 28.6 Å². The van der Waals surface area contributed by atoms with Gasteiger partial charge in [0, 0.05) is 22.4 Å². The molecule has 0 unspecified atom stereocenters. The first-order valence-corrected chi connectivity index (χ1v) is 13.8. The molecule has 7 atom stereocenters. The Morgan fingerprint density at radius 2 is 1.79 bits per heavy atom. The lowest BCUT2D eigenvalue weighted by atomic mass is 9.47. The number of hydrogen-bond donors (Lipinski definition) is 0. The average molecular weight is 461 g/mol. The second kappa shape index (κ2) is 10.6. The summed E-state index contributed by atoms with van der Waals surface area (Å²) in [6.07, 6.45) is 10.2. The molecule has 0 aromatic heterocycles. The first kappa shape index (κ1) is 20.1. The van der Waals surface area contributed by atoms with Gasteiger partial charge in [-0.3, -0.25) is 9.59 Å². The molecule has 0 radical (unpaired) electrons. The van der Waals surface area contributed by atoms with Crippen molar-refractivity contribution in [1.29, 1.82) is 0 Å². The van der Waals surface area contributed by atoms with Gasteiger partial charge in [0.25, 0.3) is 0 Å². The summed E-state index contributed by atoms with van der Waals surface area (Å²) in [6.45, 7) is 6.33. The summed E-state index contributed by atoms with van der Waals surface area (Å²) >= 11 is 0. The summed E-state index contributed by atoms with van der Waals surface area (Å²) in [7, 11) is 0. The fraction of sp³-hybridized carbons (Fsp3) is 0.867. The van der Waals surface area contributed by atoms with Crippen LogP contribution in [0.5, 0.6) is 0 Å². The number of ether oxygens (including phenoxy) is 1. The van der Waals surface area contributed by atoms with Gasteiger partial charge in [0.1, 0.15) is 6.08 Å². The molecule has 186 valence electrons. The van der Waals surface area contributed by atoms with Crippen LogP contribution in [0.1, 0.15) is 135 Å². The Hall–Kier alpha value is -1.12. The molecule has 3 nitrogen and oxygen atoms in total. The van der Waals surface area contributed by atoms with Crippen molar-refractivity contribution in [2.45, 2.75) is 136 Å². The van der Waals surface area contributed by atoms with Crippen LogP contribution in [0.4, 0.5) is 0 Å². The molecule has 0 N–H and O–H groups in total. The zero-order valence-electron chi connectivity index (χ0n) is 25.2. The fourth-order valence-electron chi connectivity index (χ4n) is 7.44. The van der Waals surface area contributed by atoms with Gasteiger partial charge in [0.15, 0.2) is 5.78 Å². The van der Waals surface area contributed by atoms with Crippen molar-refractivity contribution >= 4 is 11.8 Å². The van der Waals surface area contributed by atoms with Crippen molar-refractivity contribution in [3.63, 3.8) is 0 Å². The minimum Gasteiger partial charge on any atom is -0.462 e. The van der Waals surface area contributed by atoms with Gasteiger partial charge in [-0.25, -0.2) is 0 Å². The Balaban J connectivity index is 1.43. The Morgan fingerprint density at radius 3 is 2.55 bits per heavy atom. The lowest BCUT2D eigenvalue weighted by molar-refractivity contribution is -0.160. The first-order valence-electron chi connectivity index (χ1n) is 15.9. The SMILES string of the molecule is [2H][C@H]1CC(=O)C=C2CC[C@@H]3[C@H](CC[C@@]4(C)[C@H]3CC([2H])([2H])[C@]4([2H])OC(=O)CCCCCCCCCC)[C@]21C. The molecule has 4 aliphatic rings. The van der Waals surface area contributed by atoms with E-state index in [4.69, 9.17) is 8.85 Å². The van der Waals surface area contributed by atoms with Crippen LogP contribution in [0.25, 0.3) is 0 Å². The highest BCUT2D eigenvalue weighted by atomic mass is 16.5. The molecule has 3 saturated carbocycles. The van der Waals surface area contributed by atoms with Gasteiger partial charge in [0.05, 0.1) is 1.37 Å². The van der Waals surface area contributed by atoms with Gasteiger partial charge in [-0.15, -0.1) is 0 Å². The molecule has 0 aromatic carbocycles. The van der Waals surface area contributed by atoms with Crippen LogP contribution in [0.3, 0.4) is 0 Å². The second-order valence-corrected chi connectivity index (χ2v) is 11.6. The molecule has 0 bridgehead atoms. The van der Waals surface area contributed by atoms with Crippen LogP contribution in [-0.4, -0.2) is 17.8 Å². The van der Waals surface area contributed by atoms with E-state index in [0.717, 1.165) is 44.1 Å². The molecule has 0 saturated heterocycles. The highest BCUT2D eigenvalue weighted by molar-refractivity contribution is 5.91. The average Bonchev–Trinajstić information content (AvgIpc) is 2.98. The van der Waals surface area contributed by atoms with Crippen molar-refractivity contribution < 1.29 is 19.8 Å². The number of carbonyl (C=O) groups is 2. The maximum Gasteiger partial charge on any atom is 0.306 e. The van der Waals surface area contributed by atoms with E-state index in [2.05, 4.69) is 13.8 Å². The van der Waals surface area contributed by atoms with Crippen LogP contribution in [0, 0.1) is 28.6 Å².